The van der Waals surface area contributed by atoms with E-state index < -0.39 is 27.6 Å². The van der Waals surface area contributed by atoms with E-state index in [0.717, 1.165) is 12.1 Å². The second kappa shape index (κ2) is 6.27. The summed E-state index contributed by atoms with van der Waals surface area (Å²) >= 11 is 0. The van der Waals surface area contributed by atoms with E-state index in [1.807, 2.05) is 6.07 Å². The monoisotopic (exact) mass is 404 g/mol. The number of carbonyl (C=O) groups excluding carboxylic acids is 1. The molecule has 28 heavy (non-hydrogen) atoms. The molecule has 0 unspecified atom stereocenters. The van der Waals surface area contributed by atoms with Crippen molar-refractivity contribution in [3.8, 4) is 17.6 Å². The summed E-state index contributed by atoms with van der Waals surface area (Å²) in [5.41, 5.74) is 0.594. The number of carbonyl (C=O) groups is 1. The van der Waals surface area contributed by atoms with Crippen LogP contribution in [0.5, 0.6) is 11.5 Å². The lowest BCUT2D eigenvalue weighted by Crippen LogP contribution is -2.28. The fraction of sp³-hybridized carbons (Fsp3) is 0.222. The Morgan fingerprint density at radius 2 is 2.07 bits per heavy atom. The molecule has 0 saturated carbocycles. The Morgan fingerprint density at radius 3 is 2.71 bits per heavy atom. The highest BCUT2D eigenvalue weighted by molar-refractivity contribution is 7.89. The maximum atomic E-state index is 13.7. The average molecular weight is 404 g/mol. The molecule has 2 N–H and O–H groups in total. The first-order valence-electron chi connectivity index (χ1n) is 8.15. The van der Waals surface area contributed by atoms with Gasteiger partial charge in [-0.1, -0.05) is 0 Å². The minimum Gasteiger partial charge on any atom is -0.457 e. The van der Waals surface area contributed by atoms with Crippen LogP contribution in [0.25, 0.3) is 0 Å². The number of nitriles is 1. The lowest BCUT2D eigenvalue weighted by atomic mass is 10.1. The van der Waals surface area contributed by atoms with Gasteiger partial charge in [-0.2, -0.15) is 5.26 Å². The van der Waals surface area contributed by atoms with E-state index in [9.17, 15) is 17.6 Å². The van der Waals surface area contributed by atoms with Crippen LogP contribution in [0.15, 0.2) is 35.2 Å². The number of halogens is 1. The van der Waals surface area contributed by atoms with Gasteiger partial charge in [-0.15, -0.1) is 0 Å². The van der Waals surface area contributed by atoms with Gasteiger partial charge in [0.2, 0.25) is 15.8 Å². The first-order chi connectivity index (χ1) is 13.2. The van der Waals surface area contributed by atoms with Crippen LogP contribution in [0.2, 0.25) is 0 Å². The quantitative estimate of drug-likeness (QED) is 0.773. The molecule has 1 heterocycles. The standard InChI is InChI=1S/C18H13FN2O6S/c19-11-5-10(8-20)6-12(7-11)26-14-1-2-15(28(21,23)24)17-13(14)3-4-18(17)25-9-16(22)27-18/h1-2,5-7H,3-4,9H2,(H2,21,23,24)/t18-/m1/s1. The topological polar surface area (TPSA) is 129 Å². The molecule has 10 heteroatoms. The van der Waals surface area contributed by atoms with Gasteiger partial charge in [-0.05, 0) is 30.7 Å². The summed E-state index contributed by atoms with van der Waals surface area (Å²) in [6.07, 6.45) is 0.464. The van der Waals surface area contributed by atoms with Gasteiger partial charge in [0.15, 0.2) is 0 Å². The molecule has 1 aliphatic heterocycles. The fourth-order valence-electron chi connectivity index (χ4n) is 3.50. The molecule has 1 aliphatic carbocycles. The number of hydrogen-bond donors (Lipinski definition) is 1. The third kappa shape index (κ3) is 2.99. The first-order valence-corrected chi connectivity index (χ1v) is 9.70. The van der Waals surface area contributed by atoms with Crippen LogP contribution < -0.4 is 9.88 Å². The Hall–Kier alpha value is -3.00. The first kappa shape index (κ1) is 18.4. The van der Waals surface area contributed by atoms with Crippen LogP contribution in [0.1, 0.15) is 23.1 Å². The molecule has 0 amide bonds. The second-order valence-electron chi connectivity index (χ2n) is 6.37. The second-order valence-corrected chi connectivity index (χ2v) is 7.90. The highest BCUT2D eigenvalue weighted by Crippen LogP contribution is 2.50. The van der Waals surface area contributed by atoms with E-state index in [4.69, 9.17) is 24.6 Å². The van der Waals surface area contributed by atoms with Crippen molar-refractivity contribution in [1.82, 2.24) is 0 Å². The molecule has 2 aromatic rings. The SMILES string of the molecule is N#Cc1cc(F)cc(Oc2ccc(S(N)(=O)=O)c3c2CC[C@]32OCC(=O)O2)c1. The summed E-state index contributed by atoms with van der Waals surface area (Å²) in [5, 5.41) is 14.3. The summed E-state index contributed by atoms with van der Waals surface area (Å²) < 4.78 is 54.3. The van der Waals surface area contributed by atoms with Crippen molar-refractivity contribution in [2.45, 2.75) is 23.5 Å². The molecular weight excluding hydrogens is 391 g/mol. The highest BCUT2D eigenvalue weighted by Gasteiger charge is 2.52. The fourth-order valence-corrected chi connectivity index (χ4v) is 4.32. The molecule has 0 bridgehead atoms. The summed E-state index contributed by atoms with van der Waals surface area (Å²) in [6.45, 7) is -0.315. The van der Waals surface area contributed by atoms with Crippen LogP contribution >= 0.6 is 0 Å². The van der Waals surface area contributed by atoms with Crippen LogP contribution in [0.4, 0.5) is 4.39 Å². The van der Waals surface area contributed by atoms with E-state index in [1.54, 1.807) is 0 Å². The van der Waals surface area contributed by atoms with Crippen molar-refractivity contribution in [3.63, 3.8) is 0 Å². The Bertz CT molecular complexity index is 1160. The molecular formula is C18H13FN2O6S. The molecule has 1 fully saturated rings. The largest absolute Gasteiger partial charge is 0.457 e. The molecule has 1 spiro atoms. The third-order valence-corrected chi connectivity index (χ3v) is 5.51. The number of hydrogen-bond acceptors (Lipinski definition) is 7. The van der Waals surface area contributed by atoms with Gasteiger partial charge >= 0.3 is 5.97 Å². The van der Waals surface area contributed by atoms with Crippen LogP contribution in [0.3, 0.4) is 0 Å². The number of ether oxygens (including phenoxy) is 3. The predicted molar refractivity (Wildman–Crippen MR) is 91.0 cm³/mol. The Labute approximate surface area is 159 Å². The van der Waals surface area contributed by atoms with E-state index in [-0.39, 0.29) is 47.0 Å². The van der Waals surface area contributed by atoms with Crippen molar-refractivity contribution >= 4 is 16.0 Å². The zero-order valence-corrected chi connectivity index (χ0v) is 15.1. The highest BCUT2D eigenvalue weighted by atomic mass is 32.2. The molecule has 1 saturated heterocycles. The third-order valence-electron chi connectivity index (χ3n) is 4.55. The molecule has 2 aromatic carbocycles. The van der Waals surface area contributed by atoms with Crippen molar-refractivity contribution in [2.75, 3.05) is 6.61 Å². The maximum Gasteiger partial charge on any atom is 0.335 e. The normalized spacial score (nSPS) is 20.7. The molecule has 4 rings (SSSR count). The molecule has 0 radical (unpaired) electrons. The number of primary sulfonamides is 1. The Morgan fingerprint density at radius 1 is 1.29 bits per heavy atom. The van der Waals surface area contributed by atoms with E-state index in [2.05, 4.69) is 0 Å². The number of nitrogens with two attached hydrogens (primary N) is 1. The van der Waals surface area contributed by atoms with Gasteiger partial charge in [0.1, 0.15) is 23.9 Å². The molecule has 1 atom stereocenters. The van der Waals surface area contributed by atoms with E-state index >= 15 is 0 Å². The van der Waals surface area contributed by atoms with Gasteiger partial charge < -0.3 is 14.2 Å². The lowest BCUT2D eigenvalue weighted by molar-refractivity contribution is -0.178. The van der Waals surface area contributed by atoms with Gasteiger partial charge in [0, 0.05) is 18.1 Å². The van der Waals surface area contributed by atoms with Crippen molar-refractivity contribution in [3.05, 3.63) is 52.8 Å². The average Bonchev–Trinajstić information content (AvgIpc) is 3.18. The summed E-state index contributed by atoms with van der Waals surface area (Å²) in [4.78, 5) is 11.4. The van der Waals surface area contributed by atoms with Gasteiger partial charge in [-0.3, -0.25) is 0 Å². The molecule has 0 aromatic heterocycles. The van der Waals surface area contributed by atoms with E-state index in [0.29, 0.717) is 5.56 Å². The van der Waals surface area contributed by atoms with Crippen molar-refractivity contribution in [2.24, 2.45) is 5.14 Å². The smallest absolute Gasteiger partial charge is 0.335 e. The van der Waals surface area contributed by atoms with Crippen LogP contribution in [-0.2, 0) is 36.5 Å². The zero-order chi connectivity index (χ0) is 20.1. The summed E-state index contributed by atoms with van der Waals surface area (Å²) in [7, 11) is -4.15. The minimum atomic E-state index is -4.15. The molecule has 2 aliphatic rings. The number of fused-ring (bicyclic) bond motifs is 2. The number of nitrogens with zero attached hydrogens (tertiary/aromatic N) is 1. The predicted octanol–water partition coefficient (Wildman–Crippen LogP) is 1.81. The molecule has 144 valence electrons. The number of rotatable bonds is 3. The van der Waals surface area contributed by atoms with Crippen molar-refractivity contribution in [1.29, 1.82) is 5.26 Å². The summed E-state index contributed by atoms with van der Waals surface area (Å²) in [5.74, 6) is -2.54. The van der Waals surface area contributed by atoms with Crippen LogP contribution in [-0.4, -0.2) is 21.0 Å². The lowest BCUT2D eigenvalue weighted by Gasteiger charge is -2.24. The summed E-state index contributed by atoms with van der Waals surface area (Å²) in [6, 6.07) is 7.93. The van der Waals surface area contributed by atoms with Gasteiger partial charge in [0.05, 0.1) is 22.1 Å². The van der Waals surface area contributed by atoms with Crippen LogP contribution in [0, 0.1) is 17.1 Å². The Balaban J connectivity index is 1.85. The van der Waals surface area contributed by atoms with E-state index in [1.165, 1.54) is 18.2 Å². The number of benzene rings is 2. The minimum absolute atomic E-state index is 0.0624. The van der Waals surface area contributed by atoms with Crippen molar-refractivity contribution < 1.29 is 31.8 Å². The zero-order valence-electron chi connectivity index (χ0n) is 14.3. The molecule has 8 nitrogen and oxygen atoms in total. The maximum absolute atomic E-state index is 13.7. The van der Waals surface area contributed by atoms with Gasteiger partial charge in [-0.25, -0.2) is 22.7 Å². The number of esters is 1. The number of sulfonamides is 1. The Kier molecular flexibility index (Phi) is 4.11. The van der Waals surface area contributed by atoms with Gasteiger partial charge in [0.25, 0.3) is 0 Å².